The molecule has 1 aromatic carbocycles. The smallest absolute Gasteiger partial charge is 0.390 e. The number of halogens is 3. The number of amides is 1. The van der Waals surface area contributed by atoms with Crippen LogP contribution in [-0.4, -0.2) is 52.0 Å². The number of aliphatic hydroxyl groups excluding tert-OH is 1. The molecule has 0 aliphatic carbocycles. The van der Waals surface area contributed by atoms with Crippen LogP contribution in [0.15, 0.2) is 30.3 Å². The second-order valence-corrected chi connectivity index (χ2v) is 6.15. The van der Waals surface area contributed by atoms with Crippen LogP contribution in [0.3, 0.4) is 0 Å². The van der Waals surface area contributed by atoms with Gasteiger partial charge in [0.2, 0.25) is 5.91 Å². The second kappa shape index (κ2) is 5.19. The lowest BCUT2D eigenvalue weighted by Gasteiger charge is -2.56. The van der Waals surface area contributed by atoms with Gasteiger partial charge in [0.25, 0.3) is 0 Å². The largest absolute Gasteiger partial charge is 0.417 e. The monoisotopic (exact) mass is 330 g/mol. The summed E-state index contributed by atoms with van der Waals surface area (Å²) >= 11 is 0. The third kappa shape index (κ3) is 2.50. The minimum absolute atomic E-state index is 0.0343. The zero-order chi connectivity index (χ0) is 16.9. The number of alkyl halides is 3. The van der Waals surface area contributed by atoms with Crippen molar-refractivity contribution in [2.45, 2.75) is 36.4 Å². The number of carbonyl (C=O) groups excluding carboxylic acids is 1. The fourth-order valence-electron chi connectivity index (χ4n) is 3.39. The molecule has 0 radical (unpaired) electrons. The number of hydrogen-bond donors (Lipinski definition) is 3. The third-order valence-electron chi connectivity index (χ3n) is 4.56. The lowest BCUT2D eigenvalue weighted by Crippen LogP contribution is -2.73. The molecule has 1 amide bonds. The molecular weight excluding hydrogens is 313 g/mol. The van der Waals surface area contributed by atoms with Gasteiger partial charge >= 0.3 is 6.18 Å². The first-order valence-electron chi connectivity index (χ1n) is 7.26. The lowest BCUT2D eigenvalue weighted by atomic mass is 9.76. The molecule has 3 atom stereocenters. The van der Waals surface area contributed by atoms with Gasteiger partial charge in [-0.25, -0.2) is 0 Å². The predicted molar refractivity (Wildman–Crippen MR) is 74.1 cm³/mol. The van der Waals surface area contributed by atoms with Crippen LogP contribution in [0.2, 0.25) is 0 Å². The van der Waals surface area contributed by atoms with Crippen LogP contribution in [0, 0.1) is 0 Å². The quantitative estimate of drug-likeness (QED) is 0.709. The Labute approximate surface area is 130 Å². The van der Waals surface area contributed by atoms with E-state index in [1.165, 1.54) is 4.90 Å². The van der Waals surface area contributed by atoms with Gasteiger partial charge in [0.15, 0.2) is 5.60 Å². The van der Waals surface area contributed by atoms with Crippen molar-refractivity contribution in [2.24, 2.45) is 0 Å². The van der Waals surface area contributed by atoms with Crippen LogP contribution in [0.4, 0.5) is 13.2 Å². The topological polar surface area (TPSA) is 72.8 Å². The molecule has 2 aliphatic heterocycles. The molecule has 2 saturated heterocycles. The predicted octanol–water partition coefficient (Wildman–Crippen LogP) is 0.719. The SMILES string of the molecule is O=C1C[C@@](O)(C(F)(F)F)C[C@]2(c3ccccc3)NC[C@@H](O)CN12. The van der Waals surface area contributed by atoms with E-state index in [1.807, 2.05) is 0 Å². The first-order valence-corrected chi connectivity index (χ1v) is 7.26. The Kier molecular flexibility index (Phi) is 3.66. The molecule has 0 bridgehead atoms. The molecule has 1 aromatic rings. The standard InChI is InChI=1S/C15H17F3N2O3/c16-15(17,18)13(23)6-12(22)20-8-11(21)7-19-14(20,9-13)10-4-2-1-3-5-10/h1-5,11,19,21,23H,6-9H2/t11-,13+,14+/m1/s1. The number of aliphatic hydroxyl groups is 2. The van der Waals surface area contributed by atoms with Crippen LogP contribution in [0.5, 0.6) is 0 Å². The van der Waals surface area contributed by atoms with Crippen molar-refractivity contribution in [3.8, 4) is 0 Å². The van der Waals surface area contributed by atoms with E-state index in [-0.39, 0.29) is 13.1 Å². The number of nitrogens with one attached hydrogen (secondary N) is 1. The molecule has 2 fully saturated rings. The maximum absolute atomic E-state index is 13.3. The zero-order valence-corrected chi connectivity index (χ0v) is 12.2. The van der Waals surface area contributed by atoms with Crippen molar-refractivity contribution in [3.63, 3.8) is 0 Å². The van der Waals surface area contributed by atoms with Crippen molar-refractivity contribution in [3.05, 3.63) is 35.9 Å². The minimum Gasteiger partial charge on any atom is -0.390 e. The van der Waals surface area contributed by atoms with Gasteiger partial charge < -0.3 is 15.1 Å². The van der Waals surface area contributed by atoms with Gasteiger partial charge in [0, 0.05) is 19.5 Å². The van der Waals surface area contributed by atoms with Crippen molar-refractivity contribution < 1.29 is 28.2 Å². The van der Waals surface area contributed by atoms with Gasteiger partial charge in [0.1, 0.15) is 5.66 Å². The van der Waals surface area contributed by atoms with E-state index in [2.05, 4.69) is 5.32 Å². The summed E-state index contributed by atoms with van der Waals surface area (Å²) in [6.45, 7) is -0.0404. The maximum Gasteiger partial charge on any atom is 0.417 e. The molecule has 8 heteroatoms. The average molecular weight is 330 g/mol. The highest BCUT2D eigenvalue weighted by atomic mass is 19.4. The van der Waals surface area contributed by atoms with E-state index in [4.69, 9.17) is 0 Å². The number of rotatable bonds is 1. The van der Waals surface area contributed by atoms with Crippen molar-refractivity contribution >= 4 is 5.91 Å². The highest BCUT2D eigenvalue weighted by Gasteiger charge is 2.64. The van der Waals surface area contributed by atoms with Crippen molar-refractivity contribution in [1.29, 1.82) is 0 Å². The van der Waals surface area contributed by atoms with Crippen molar-refractivity contribution in [2.75, 3.05) is 13.1 Å². The summed E-state index contributed by atoms with van der Waals surface area (Å²) in [5, 5.41) is 22.8. The Morgan fingerprint density at radius 1 is 1.26 bits per heavy atom. The Balaban J connectivity index is 2.11. The number of piperidine rings is 1. The summed E-state index contributed by atoms with van der Waals surface area (Å²) in [6, 6.07) is 8.23. The van der Waals surface area contributed by atoms with E-state index in [1.54, 1.807) is 30.3 Å². The van der Waals surface area contributed by atoms with Crippen LogP contribution >= 0.6 is 0 Å². The molecule has 0 unspecified atom stereocenters. The molecule has 126 valence electrons. The Morgan fingerprint density at radius 3 is 2.52 bits per heavy atom. The van der Waals surface area contributed by atoms with E-state index in [0.29, 0.717) is 5.56 Å². The first-order chi connectivity index (χ1) is 10.7. The minimum atomic E-state index is -4.92. The van der Waals surface area contributed by atoms with E-state index >= 15 is 0 Å². The zero-order valence-electron chi connectivity index (χ0n) is 12.2. The van der Waals surface area contributed by atoms with Gasteiger partial charge in [-0.1, -0.05) is 30.3 Å². The molecule has 3 N–H and O–H groups in total. The molecule has 2 heterocycles. The highest BCUT2D eigenvalue weighted by molar-refractivity contribution is 5.80. The first kappa shape index (κ1) is 16.2. The number of benzene rings is 1. The molecule has 23 heavy (non-hydrogen) atoms. The third-order valence-corrected chi connectivity index (χ3v) is 4.56. The number of fused-ring (bicyclic) bond motifs is 1. The van der Waals surface area contributed by atoms with Gasteiger partial charge in [-0.2, -0.15) is 13.2 Å². The molecule has 2 aliphatic rings. The van der Waals surface area contributed by atoms with Gasteiger partial charge in [0.05, 0.1) is 12.5 Å². The summed E-state index contributed by atoms with van der Waals surface area (Å²) in [6.07, 6.45) is -7.55. The van der Waals surface area contributed by atoms with Gasteiger partial charge in [-0.05, 0) is 5.56 Å². The van der Waals surface area contributed by atoms with Crippen LogP contribution < -0.4 is 5.32 Å². The van der Waals surface area contributed by atoms with Crippen LogP contribution in [0.25, 0.3) is 0 Å². The molecule has 0 spiro atoms. The number of β-amino-alcohol motifs (C(OH)–C–C–N with tert-alkyl or cyclic N) is 1. The maximum atomic E-state index is 13.3. The fourth-order valence-corrected chi connectivity index (χ4v) is 3.39. The lowest BCUT2D eigenvalue weighted by molar-refractivity contribution is -0.286. The average Bonchev–Trinajstić information content (AvgIpc) is 2.48. The molecule has 0 aromatic heterocycles. The van der Waals surface area contributed by atoms with Gasteiger partial charge in [-0.3, -0.25) is 10.1 Å². The van der Waals surface area contributed by atoms with Crippen LogP contribution in [0.1, 0.15) is 18.4 Å². The van der Waals surface area contributed by atoms with E-state index < -0.39 is 42.3 Å². The number of nitrogens with zero attached hydrogens (tertiary/aromatic N) is 1. The van der Waals surface area contributed by atoms with Crippen molar-refractivity contribution in [1.82, 2.24) is 10.2 Å². The number of hydrogen-bond acceptors (Lipinski definition) is 4. The second-order valence-electron chi connectivity index (χ2n) is 6.15. The Bertz CT molecular complexity index is 610. The molecule has 0 saturated carbocycles. The normalized spacial score (nSPS) is 35.1. The summed E-state index contributed by atoms with van der Waals surface area (Å²) in [5.74, 6) is -0.842. The van der Waals surface area contributed by atoms with E-state index in [9.17, 15) is 28.2 Å². The highest BCUT2D eigenvalue weighted by Crippen LogP contribution is 2.48. The summed E-state index contributed by atoms with van der Waals surface area (Å²) in [7, 11) is 0. The molecular formula is C15H17F3N2O3. The summed E-state index contributed by atoms with van der Waals surface area (Å²) in [5.41, 5.74) is -4.14. The Hall–Kier alpha value is -1.64. The summed E-state index contributed by atoms with van der Waals surface area (Å²) < 4.78 is 40.0. The van der Waals surface area contributed by atoms with Crippen LogP contribution in [-0.2, 0) is 10.5 Å². The number of carbonyl (C=O) groups is 1. The van der Waals surface area contributed by atoms with E-state index in [0.717, 1.165) is 0 Å². The fraction of sp³-hybridized carbons (Fsp3) is 0.533. The Morgan fingerprint density at radius 2 is 1.91 bits per heavy atom. The van der Waals surface area contributed by atoms with Gasteiger partial charge in [-0.15, -0.1) is 0 Å². The molecule has 3 rings (SSSR count). The molecule has 5 nitrogen and oxygen atoms in total. The summed E-state index contributed by atoms with van der Waals surface area (Å²) in [4.78, 5) is 13.5.